The number of ketones is 1. The van der Waals surface area contributed by atoms with Crippen LogP contribution < -0.4 is 0 Å². The molecule has 0 fully saturated rings. The first-order valence-electron chi connectivity index (χ1n) is 4.33. The third kappa shape index (κ3) is 4.90. The van der Waals surface area contributed by atoms with Gasteiger partial charge < -0.3 is 0 Å². The summed E-state index contributed by atoms with van der Waals surface area (Å²) in [5.74, 6) is -0.341. The maximum Gasteiger partial charge on any atom is 0.446 e. The Hall–Kier alpha value is -0.680. The van der Waals surface area contributed by atoms with Crippen LogP contribution in [0.5, 0.6) is 0 Å². The van der Waals surface area contributed by atoms with Gasteiger partial charge >= 0.3 is 5.51 Å². The summed E-state index contributed by atoms with van der Waals surface area (Å²) in [6.45, 7) is 0. The summed E-state index contributed by atoms with van der Waals surface area (Å²) in [7, 11) is 0. The first-order chi connectivity index (χ1) is 7.40. The molecule has 0 unspecified atom stereocenters. The van der Waals surface area contributed by atoms with E-state index >= 15 is 0 Å². The molecule has 1 nitrogen and oxygen atoms in total. The van der Waals surface area contributed by atoms with E-state index in [1.807, 2.05) is 0 Å². The van der Waals surface area contributed by atoms with Gasteiger partial charge in [-0.3, -0.25) is 4.79 Å². The molecule has 0 aliphatic rings. The van der Waals surface area contributed by atoms with Crippen LogP contribution in [0.15, 0.2) is 29.2 Å². The van der Waals surface area contributed by atoms with Gasteiger partial charge in [0, 0.05) is 11.3 Å². The number of rotatable bonds is 4. The molecule has 0 aliphatic heterocycles. The first kappa shape index (κ1) is 13.4. The highest BCUT2D eigenvalue weighted by Crippen LogP contribution is 2.36. The van der Waals surface area contributed by atoms with Crippen molar-refractivity contribution in [2.75, 3.05) is 5.88 Å². The van der Waals surface area contributed by atoms with Gasteiger partial charge in [0.15, 0.2) is 5.78 Å². The average Bonchev–Trinajstić information content (AvgIpc) is 2.15. The lowest BCUT2D eigenvalue weighted by Gasteiger charge is -2.06. The molecule has 0 aliphatic carbocycles. The standard InChI is InChI=1S/C10H8ClF3OS/c11-6-8(15)4-7-2-1-3-9(5-7)16-10(12,13)14/h1-3,5H,4,6H2. The highest BCUT2D eigenvalue weighted by Gasteiger charge is 2.29. The number of thioether (sulfide) groups is 1. The topological polar surface area (TPSA) is 17.1 Å². The van der Waals surface area contributed by atoms with Gasteiger partial charge in [-0.2, -0.15) is 13.2 Å². The van der Waals surface area contributed by atoms with Crippen molar-refractivity contribution in [1.82, 2.24) is 0 Å². The summed E-state index contributed by atoms with van der Waals surface area (Å²) in [5, 5.41) is 0. The van der Waals surface area contributed by atoms with Gasteiger partial charge in [0.1, 0.15) is 0 Å². The van der Waals surface area contributed by atoms with Gasteiger partial charge in [-0.25, -0.2) is 0 Å². The molecule has 0 spiro atoms. The van der Waals surface area contributed by atoms with Crippen molar-refractivity contribution in [2.24, 2.45) is 0 Å². The summed E-state index contributed by atoms with van der Waals surface area (Å²) in [6.07, 6.45) is 0.0652. The van der Waals surface area contributed by atoms with Crippen LogP contribution in [-0.4, -0.2) is 17.2 Å². The molecule has 0 heterocycles. The number of alkyl halides is 4. The molecule has 1 aromatic rings. The second-order valence-corrected chi connectivity index (χ2v) is 4.45. The second-order valence-electron chi connectivity index (χ2n) is 3.04. The van der Waals surface area contributed by atoms with Gasteiger partial charge in [0.25, 0.3) is 0 Å². The summed E-state index contributed by atoms with van der Waals surface area (Å²) in [5.41, 5.74) is -3.77. The van der Waals surface area contributed by atoms with Crippen molar-refractivity contribution in [1.29, 1.82) is 0 Å². The summed E-state index contributed by atoms with van der Waals surface area (Å²) >= 11 is 5.12. The van der Waals surface area contributed by atoms with E-state index in [2.05, 4.69) is 0 Å². The minimum Gasteiger partial charge on any atom is -0.298 e. The zero-order valence-corrected chi connectivity index (χ0v) is 9.62. The smallest absolute Gasteiger partial charge is 0.298 e. The van der Waals surface area contributed by atoms with Crippen molar-refractivity contribution < 1.29 is 18.0 Å². The number of hydrogen-bond donors (Lipinski definition) is 0. The maximum absolute atomic E-state index is 12.1. The van der Waals surface area contributed by atoms with Crippen LogP contribution >= 0.6 is 23.4 Å². The van der Waals surface area contributed by atoms with Crippen molar-refractivity contribution in [3.05, 3.63) is 29.8 Å². The van der Waals surface area contributed by atoms with E-state index in [1.54, 1.807) is 6.07 Å². The lowest BCUT2D eigenvalue weighted by Crippen LogP contribution is -2.04. The molecule has 1 aromatic carbocycles. The molecule has 0 saturated carbocycles. The van der Waals surface area contributed by atoms with E-state index in [0.29, 0.717) is 5.56 Å². The first-order valence-corrected chi connectivity index (χ1v) is 5.68. The monoisotopic (exact) mass is 268 g/mol. The summed E-state index contributed by atoms with van der Waals surface area (Å²) in [4.78, 5) is 11.1. The molecule has 0 bridgehead atoms. The van der Waals surface area contributed by atoms with E-state index in [9.17, 15) is 18.0 Å². The van der Waals surface area contributed by atoms with E-state index in [1.165, 1.54) is 18.2 Å². The molecule has 0 aromatic heterocycles. The van der Waals surface area contributed by atoms with Crippen LogP contribution in [0.1, 0.15) is 5.56 Å². The lowest BCUT2D eigenvalue weighted by atomic mass is 10.1. The fraction of sp³-hybridized carbons (Fsp3) is 0.300. The Morgan fingerprint density at radius 2 is 2.06 bits per heavy atom. The molecule has 0 saturated heterocycles. The van der Waals surface area contributed by atoms with E-state index in [0.717, 1.165) is 0 Å². The van der Waals surface area contributed by atoms with Crippen molar-refractivity contribution in [3.8, 4) is 0 Å². The SMILES string of the molecule is O=C(CCl)Cc1cccc(SC(F)(F)F)c1. The molecule has 16 heavy (non-hydrogen) atoms. The van der Waals surface area contributed by atoms with Crippen LogP contribution in [0, 0.1) is 0 Å². The van der Waals surface area contributed by atoms with Crippen molar-refractivity contribution in [2.45, 2.75) is 16.8 Å². The van der Waals surface area contributed by atoms with Crippen LogP contribution in [0.25, 0.3) is 0 Å². The lowest BCUT2D eigenvalue weighted by molar-refractivity contribution is -0.116. The predicted octanol–water partition coefficient (Wildman–Crippen LogP) is 3.65. The molecular formula is C10H8ClF3OS. The highest BCUT2D eigenvalue weighted by atomic mass is 35.5. The normalized spacial score (nSPS) is 11.5. The molecule has 0 N–H and O–H groups in total. The third-order valence-electron chi connectivity index (χ3n) is 1.68. The van der Waals surface area contributed by atoms with Crippen molar-refractivity contribution in [3.63, 3.8) is 0 Å². The molecule has 0 radical (unpaired) electrons. The van der Waals surface area contributed by atoms with Gasteiger partial charge in [-0.05, 0) is 29.5 Å². The molecule has 6 heteroatoms. The van der Waals surface area contributed by atoms with Crippen LogP contribution in [-0.2, 0) is 11.2 Å². The molecule has 0 atom stereocenters. The Labute approximate surface area is 100.0 Å². The average molecular weight is 269 g/mol. The van der Waals surface area contributed by atoms with E-state index < -0.39 is 5.51 Å². The maximum atomic E-state index is 12.1. The summed E-state index contributed by atoms with van der Waals surface area (Å²) < 4.78 is 36.2. The number of hydrogen-bond acceptors (Lipinski definition) is 2. The quantitative estimate of drug-likeness (QED) is 0.612. The largest absolute Gasteiger partial charge is 0.446 e. The number of Topliss-reactive ketones (excluding diaryl/α,β-unsaturated/α-hetero) is 1. The van der Waals surface area contributed by atoms with Crippen LogP contribution in [0.2, 0.25) is 0 Å². The Bertz CT molecular complexity index is 379. The molecule has 88 valence electrons. The Morgan fingerprint density at radius 3 is 2.62 bits per heavy atom. The number of benzene rings is 1. The Balaban J connectivity index is 2.75. The second kappa shape index (κ2) is 5.59. The number of carbonyl (C=O) groups excluding carboxylic acids is 1. The highest BCUT2D eigenvalue weighted by molar-refractivity contribution is 8.00. The minimum absolute atomic E-state index is 0.0652. The molecule has 0 amide bonds. The third-order valence-corrected chi connectivity index (χ3v) is 2.70. The van der Waals surface area contributed by atoms with Gasteiger partial charge in [-0.15, -0.1) is 11.6 Å². The number of halogens is 4. The fourth-order valence-corrected chi connectivity index (χ4v) is 1.85. The van der Waals surface area contributed by atoms with Gasteiger partial charge in [0.2, 0.25) is 0 Å². The van der Waals surface area contributed by atoms with Crippen LogP contribution in [0.4, 0.5) is 13.2 Å². The number of carbonyl (C=O) groups is 1. The van der Waals surface area contributed by atoms with Crippen molar-refractivity contribution >= 4 is 29.1 Å². The zero-order chi connectivity index (χ0) is 12.2. The fourth-order valence-electron chi connectivity index (χ4n) is 1.13. The molecular weight excluding hydrogens is 261 g/mol. The van der Waals surface area contributed by atoms with Gasteiger partial charge in [0.05, 0.1) is 5.88 Å². The van der Waals surface area contributed by atoms with E-state index in [-0.39, 0.29) is 34.7 Å². The predicted molar refractivity (Wildman–Crippen MR) is 57.8 cm³/mol. The Kier molecular flexibility index (Phi) is 4.68. The van der Waals surface area contributed by atoms with E-state index in [4.69, 9.17) is 11.6 Å². The van der Waals surface area contributed by atoms with Gasteiger partial charge in [-0.1, -0.05) is 12.1 Å². The van der Waals surface area contributed by atoms with Crippen LogP contribution in [0.3, 0.4) is 0 Å². The zero-order valence-electron chi connectivity index (χ0n) is 8.05. The summed E-state index contributed by atoms with van der Waals surface area (Å²) in [6, 6.07) is 5.80. The minimum atomic E-state index is -4.31. The Morgan fingerprint density at radius 1 is 1.38 bits per heavy atom. The molecule has 1 rings (SSSR count).